The molecule has 0 aromatic heterocycles. The summed E-state index contributed by atoms with van der Waals surface area (Å²) in [5.41, 5.74) is 0. The van der Waals surface area contributed by atoms with Crippen molar-refractivity contribution in [3.8, 4) is 0 Å². The molecular weight excluding hydrogens is 140 g/mol. The molecule has 0 bridgehead atoms. The highest BCUT2D eigenvalue weighted by atomic mass is 16.5. The molecule has 1 aliphatic rings. The van der Waals surface area contributed by atoms with Gasteiger partial charge in [0.15, 0.2) is 0 Å². The topological polar surface area (TPSA) is 29.5 Å². The molecule has 0 aromatic rings. The lowest BCUT2D eigenvalue weighted by molar-refractivity contribution is 0.0897. The highest BCUT2D eigenvalue weighted by Crippen LogP contribution is 2.17. The molecule has 2 unspecified atom stereocenters. The number of rotatable bonds is 4. The number of aliphatic hydroxyl groups excluding tert-OH is 1. The van der Waals surface area contributed by atoms with Gasteiger partial charge < -0.3 is 9.84 Å². The smallest absolute Gasteiger partial charge is 0.0719 e. The van der Waals surface area contributed by atoms with Gasteiger partial charge in [0.25, 0.3) is 0 Å². The van der Waals surface area contributed by atoms with Crippen molar-refractivity contribution in [2.75, 3.05) is 6.61 Å². The van der Waals surface area contributed by atoms with Crippen LogP contribution < -0.4 is 0 Å². The zero-order chi connectivity index (χ0) is 8.10. The van der Waals surface area contributed by atoms with E-state index in [0.29, 0.717) is 6.10 Å². The van der Waals surface area contributed by atoms with Crippen LogP contribution in [0.3, 0.4) is 0 Å². The lowest BCUT2D eigenvalue weighted by Crippen LogP contribution is -2.10. The van der Waals surface area contributed by atoms with E-state index in [9.17, 15) is 0 Å². The lowest BCUT2D eigenvalue weighted by atomic mass is 10.1. The summed E-state index contributed by atoms with van der Waals surface area (Å²) >= 11 is 0. The Bertz CT molecular complexity index is 117. The van der Waals surface area contributed by atoms with E-state index in [0.717, 1.165) is 25.9 Å². The van der Waals surface area contributed by atoms with E-state index in [2.05, 4.69) is 6.58 Å². The Morgan fingerprint density at radius 1 is 1.73 bits per heavy atom. The number of ether oxygens (including phenoxy) is 1. The van der Waals surface area contributed by atoms with Gasteiger partial charge in [0, 0.05) is 6.61 Å². The number of hydrogen-bond donors (Lipinski definition) is 1. The Kier molecular flexibility index (Phi) is 3.60. The molecule has 0 spiro atoms. The van der Waals surface area contributed by atoms with Gasteiger partial charge in [-0.25, -0.2) is 0 Å². The Morgan fingerprint density at radius 3 is 3.09 bits per heavy atom. The standard InChI is InChI=1S/C9H16O2/c1-2-8(10)5-6-9-4-3-7-11-9/h2,8-10H,1,3-7H2. The average molecular weight is 156 g/mol. The third-order valence-electron chi connectivity index (χ3n) is 2.08. The second-order valence-electron chi connectivity index (χ2n) is 3.02. The van der Waals surface area contributed by atoms with Gasteiger partial charge in [-0.1, -0.05) is 6.08 Å². The van der Waals surface area contributed by atoms with E-state index in [1.54, 1.807) is 6.08 Å². The summed E-state index contributed by atoms with van der Waals surface area (Å²) in [6, 6.07) is 0. The molecule has 1 saturated heterocycles. The summed E-state index contributed by atoms with van der Waals surface area (Å²) in [5, 5.41) is 9.14. The third-order valence-corrected chi connectivity index (χ3v) is 2.08. The summed E-state index contributed by atoms with van der Waals surface area (Å²) < 4.78 is 5.40. The van der Waals surface area contributed by atoms with Crippen molar-refractivity contribution in [3.63, 3.8) is 0 Å². The van der Waals surface area contributed by atoms with Crippen molar-refractivity contribution < 1.29 is 9.84 Å². The van der Waals surface area contributed by atoms with Crippen LogP contribution >= 0.6 is 0 Å². The normalized spacial score (nSPS) is 26.8. The minimum atomic E-state index is -0.348. The highest BCUT2D eigenvalue weighted by molar-refractivity contribution is 4.79. The summed E-state index contributed by atoms with van der Waals surface area (Å²) in [7, 11) is 0. The van der Waals surface area contributed by atoms with E-state index >= 15 is 0 Å². The molecule has 0 aliphatic carbocycles. The molecule has 1 N–H and O–H groups in total. The molecule has 2 nitrogen and oxygen atoms in total. The molecule has 0 amide bonds. The average Bonchev–Trinajstić information content (AvgIpc) is 2.52. The molecule has 1 aliphatic heterocycles. The Morgan fingerprint density at radius 2 is 2.55 bits per heavy atom. The van der Waals surface area contributed by atoms with Crippen LogP contribution in [0.2, 0.25) is 0 Å². The maximum absolute atomic E-state index is 9.14. The third kappa shape index (κ3) is 3.04. The van der Waals surface area contributed by atoms with E-state index in [4.69, 9.17) is 9.84 Å². The first kappa shape index (κ1) is 8.75. The number of hydrogen-bond acceptors (Lipinski definition) is 2. The van der Waals surface area contributed by atoms with Crippen LogP contribution in [-0.2, 0) is 4.74 Å². The fourth-order valence-electron chi connectivity index (χ4n) is 1.35. The minimum Gasteiger partial charge on any atom is -0.389 e. The monoisotopic (exact) mass is 156 g/mol. The van der Waals surface area contributed by atoms with Gasteiger partial charge >= 0.3 is 0 Å². The van der Waals surface area contributed by atoms with E-state index in [1.807, 2.05) is 0 Å². The predicted octanol–water partition coefficient (Wildman–Crippen LogP) is 1.49. The Labute approximate surface area is 67.9 Å². The Balaban J connectivity index is 2.06. The molecular formula is C9H16O2. The van der Waals surface area contributed by atoms with E-state index in [-0.39, 0.29) is 6.10 Å². The maximum Gasteiger partial charge on any atom is 0.0719 e. The molecule has 11 heavy (non-hydrogen) atoms. The molecule has 0 saturated carbocycles. The van der Waals surface area contributed by atoms with E-state index < -0.39 is 0 Å². The summed E-state index contributed by atoms with van der Waals surface area (Å²) in [6.07, 6.45) is 5.71. The summed E-state index contributed by atoms with van der Waals surface area (Å²) in [5.74, 6) is 0. The first-order valence-corrected chi connectivity index (χ1v) is 4.25. The fraction of sp³-hybridized carbons (Fsp3) is 0.778. The second-order valence-corrected chi connectivity index (χ2v) is 3.02. The SMILES string of the molecule is C=CC(O)CCC1CCCO1. The molecule has 1 heterocycles. The molecule has 64 valence electrons. The Hall–Kier alpha value is -0.340. The summed E-state index contributed by atoms with van der Waals surface area (Å²) in [4.78, 5) is 0. The van der Waals surface area contributed by atoms with Crippen LogP contribution in [0, 0.1) is 0 Å². The van der Waals surface area contributed by atoms with Crippen LogP contribution in [-0.4, -0.2) is 23.9 Å². The molecule has 2 heteroatoms. The minimum absolute atomic E-state index is 0.348. The van der Waals surface area contributed by atoms with Crippen molar-refractivity contribution in [2.24, 2.45) is 0 Å². The van der Waals surface area contributed by atoms with Gasteiger partial charge in [-0.15, -0.1) is 6.58 Å². The number of aliphatic hydroxyl groups is 1. The van der Waals surface area contributed by atoms with Crippen molar-refractivity contribution in [3.05, 3.63) is 12.7 Å². The largest absolute Gasteiger partial charge is 0.389 e. The van der Waals surface area contributed by atoms with Crippen LogP contribution in [0.4, 0.5) is 0 Å². The summed E-state index contributed by atoms with van der Waals surface area (Å²) in [6.45, 7) is 4.41. The molecule has 0 radical (unpaired) electrons. The van der Waals surface area contributed by atoms with Gasteiger partial charge in [-0.05, 0) is 25.7 Å². The van der Waals surface area contributed by atoms with Crippen LogP contribution in [0.25, 0.3) is 0 Å². The maximum atomic E-state index is 9.14. The van der Waals surface area contributed by atoms with Crippen LogP contribution in [0.15, 0.2) is 12.7 Å². The van der Waals surface area contributed by atoms with Gasteiger partial charge in [-0.2, -0.15) is 0 Å². The lowest BCUT2D eigenvalue weighted by Gasteiger charge is -2.10. The molecule has 1 fully saturated rings. The van der Waals surface area contributed by atoms with Crippen molar-refractivity contribution >= 4 is 0 Å². The fourth-order valence-corrected chi connectivity index (χ4v) is 1.35. The van der Waals surface area contributed by atoms with Crippen LogP contribution in [0.5, 0.6) is 0 Å². The predicted molar refractivity (Wildman–Crippen MR) is 44.4 cm³/mol. The second kappa shape index (κ2) is 4.52. The van der Waals surface area contributed by atoms with Gasteiger partial charge in [0.1, 0.15) is 0 Å². The quantitative estimate of drug-likeness (QED) is 0.625. The van der Waals surface area contributed by atoms with Crippen LogP contribution in [0.1, 0.15) is 25.7 Å². The van der Waals surface area contributed by atoms with Gasteiger partial charge in [-0.3, -0.25) is 0 Å². The zero-order valence-electron chi connectivity index (χ0n) is 6.83. The highest BCUT2D eigenvalue weighted by Gasteiger charge is 2.15. The van der Waals surface area contributed by atoms with Crippen molar-refractivity contribution in [1.29, 1.82) is 0 Å². The molecule has 1 rings (SSSR count). The molecule has 0 aromatic carbocycles. The zero-order valence-corrected chi connectivity index (χ0v) is 6.83. The first-order chi connectivity index (χ1) is 5.33. The first-order valence-electron chi connectivity index (χ1n) is 4.25. The molecule has 2 atom stereocenters. The van der Waals surface area contributed by atoms with Crippen molar-refractivity contribution in [1.82, 2.24) is 0 Å². The van der Waals surface area contributed by atoms with Gasteiger partial charge in [0.05, 0.1) is 12.2 Å². The van der Waals surface area contributed by atoms with Crippen molar-refractivity contribution in [2.45, 2.75) is 37.9 Å². The van der Waals surface area contributed by atoms with Gasteiger partial charge in [0.2, 0.25) is 0 Å². The van der Waals surface area contributed by atoms with E-state index in [1.165, 1.54) is 6.42 Å².